The molecule has 2 saturated heterocycles. The zero-order valence-corrected chi connectivity index (χ0v) is 34.6. The summed E-state index contributed by atoms with van der Waals surface area (Å²) in [5, 5.41) is 11.3. The molecule has 10 nitrogen and oxygen atoms in total. The monoisotopic (exact) mass is 778 g/mol. The van der Waals surface area contributed by atoms with Gasteiger partial charge in [0.2, 0.25) is 0 Å². The van der Waals surface area contributed by atoms with Crippen molar-refractivity contribution in [2.75, 3.05) is 40.3 Å². The molecule has 3 aliphatic rings. The number of carbonyl (C=O) groups excluding carboxylic acids is 2. The topological polar surface area (TPSA) is 82.7 Å². The maximum atomic E-state index is 13.1. The second-order valence-corrected chi connectivity index (χ2v) is 16.7. The van der Waals surface area contributed by atoms with Crippen LogP contribution < -0.4 is 0 Å². The molecule has 0 spiro atoms. The van der Waals surface area contributed by atoms with Crippen LogP contribution in [-0.2, 0) is 0 Å². The van der Waals surface area contributed by atoms with E-state index >= 15 is 0 Å². The largest absolute Gasteiger partial charge is 0.339 e. The summed E-state index contributed by atoms with van der Waals surface area (Å²) in [4.78, 5) is 35.0. The van der Waals surface area contributed by atoms with Gasteiger partial charge in [0.15, 0.2) is 0 Å². The Hall–Kier alpha value is -5.32. The smallest absolute Gasteiger partial charge is 0.253 e. The summed E-state index contributed by atoms with van der Waals surface area (Å²) in [6.45, 7) is 8.84. The Morgan fingerprint density at radius 2 is 1.17 bits per heavy atom. The molecular weight excluding hydrogens is 721 g/mol. The van der Waals surface area contributed by atoms with Gasteiger partial charge in [0, 0.05) is 92.5 Å². The molecule has 0 atom stereocenters. The first-order chi connectivity index (χ1) is 28.2. The Bertz CT molecular complexity index is 2260. The van der Waals surface area contributed by atoms with Gasteiger partial charge in [-0.05, 0) is 113 Å². The molecule has 6 aromatic rings. The second kappa shape index (κ2) is 17.7. The molecule has 58 heavy (non-hydrogen) atoms. The van der Waals surface area contributed by atoms with Gasteiger partial charge in [-0.15, -0.1) is 0 Å². The van der Waals surface area contributed by atoms with Crippen molar-refractivity contribution in [3.8, 4) is 11.4 Å². The molecule has 0 bridgehead atoms. The quantitative estimate of drug-likeness (QED) is 0.154. The highest BCUT2D eigenvalue weighted by atomic mass is 16.2. The molecule has 0 unspecified atom stereocenters. The lowest BCUT2D eigenvalue weighted by Gasteiger charge is -2.39. The van der Waals surface area contributed by atoms with Gasteiger partial charge in [0.25, 0.3) is 11.8 Å². The van der Waals surface area contributed by atoms with Crippen molar-refractivity contribution in [2.24, 2.45) is 0 Å². The van der Waals surface area contributed by atoms with Crippen molar-refractivity contribution >= 4 is 33.6 Å². The lowest BCUT2D eigenvalue weighted by atomic mass is 10.0. The van der Waals surface area contributed by atoms with E-state index in [0.29, 0.717) is 18.1 Å². The molecule has 2 aliphatic heterocycles. The van der Waals surface area contributed by atoms with Gasteiger partial charge in [-0.25, -0.2) is 9.36 Å². The second-order valence-electron chi connectivity index (χ2n) is 16.7. The third kappa shape index (κ3) is 8.59. The van der Waals surface area contributed by atoms with Crippen LogP contribution in [0, 0.1) is 0 Å². The van der Waals surface area contributed by atoms with Gasteiger partial charge in [0.05, 0.1) is 28.6 Å². The molecule has 9 rings (SSSR count). The predicted octanol–water partition coefficient (Wildman–Crippen LogP) is 8.47. The van der Waals surface area contributed by atoms with Gasteiger partial charge >= 0.3 is 0 Å². The van der Waals surface area contributed by atoms with Crippen molar-refractivity contribution in [2.45, 2.75) is 89.4 Å². The standard InChI is InChI=1S/C25H30N4O.C23H28N4O/c1-27(21-14-16-28(17-15-21)22-7-3-4-8-22)25(30)19-10-12-23(13-11-19)29-18-20-6-2-5-9-24(20)26-29;1-17(2)26-14-12-20(13-15-26)25(3)23(28)18-8-10-21(11-9-18)27-22-7-5-4-6-19(22)16-24-27/h2,5-6,9-13,18,21-22H,3-4,7-8,14-17H2,1H3;4-11,16-17,20H,12-15H2,1-3H3. The van der Waals surface area contributed by atoms with Crippen LogP contribution in [0.1, 0.15) is 85.9 Å². The molecule has 1 aliphatic carbocycles. The summed E-state index contributed by atoms with van der Waals surface area (Å²) < 4.78 is 3.79. The minimum Gasteiger partial charge on any atom is -0.339 e. The zero-order chi connectivity index (χ0) is 40.2. The number of carbonyl (C=O) groups is 2. The van der Waals surface area contributed by atoms with E-state index in [1.54, 1.807) is 0 Å². The average molecular weight is 779 g/mol. The average Bonchev–Trinajstić information content (AvgIpc) is 4.07. The Balaban J connectivity index is 0.000000162. The first kappa shape index (κ1) is 39.5. The number of para-hydroxylation sites is 1. The van der Waals surface area contributed by atoms with Crippen LogP contribution >= 0.6 is 0 Å². The number of likely N-dealkylation sites (tertiary alicyclic amines) is 2. The number of nitrogens with zero attached hydrogens (tertiary/aromatic N) is 8. The number of fused-ring (bicyclic) bond motifs is 2. The van der Waals surface area contributed by atoms with Crippen LogP contribution in [0.5, 0.6) is 0 Å². The van der Waals surface area contributed by atoms with Crippen LogP contribution in [0.25, 0.3) is 33.2 Å². The highest BCUT2D eigenvalue weighted by molar-refractivity contribution is 5.95. The number of hydrogen-bond donors (Lipinski definition) is 0. The third-order valence-electron chi connectivity index (χ3n) is 12.9. The van der Waals surface area contributed by atoms with Gasteiger partial charge < -0.3 is 19.6 Å². The summed E-state index contributed by atoms with van der Waals surface area (Å²) in [6, 6.07) is 33.8. The zero-order valence-electron chi connectivity index (χ0n) is 34.6. The lowest BCUT2D eigenvalue weighted by Crippen LogP contribution is -2.48. The lowest BCUT2D eigenvalue weighted by molar-refractivity contribution is 0.0596. The summed E-state index contributed by atoms with van der Waals surface area (Å²) in [6.07, 6.45) is 13.6. The molecular formula is C48H58N8O2. The van der Waals surface area contributed by atoms with Crippen molar-refractivity contribution in [3.63, 3.8) is 0 Å². The molecule has 3 fully saturated rings. The number of piperidine rings is 2. The fourth-order valence-corrected chi connectivity index (χ4v) is 9.21. The van der Waals surface area contributed by atoms with E-state index in [1.807, 2.05) is 125 Å². The minimum atomic E-state index is 0.0971. The maximum Gasteiger partial charge on any atom is 0.253 e. The number of aromatic nitrogens is 4. The minimum absolute atomic E-state index is 0.0971. The van der Waals surface area contributed by atoms with Crippen molar-refractivity contribution in [1.29, 1.82) is 0 Å². The number of amides is 2. The molecule has 0 radical (unpaired) electrons. The number of benzene rings is 4. The van der Waals surface area contributed by atoms with Crippen LogP contribution in [0.4, 0.5) is 0 Å². The molecule has 0 N–H and O–H groups in total. The van der Waals surface area contributed by atoms with E-state index in [2.05, 4.69) is 52.0 Å². The number of rotatable bonds is 8. The molecule has 4 heterocycles. The normalized spacial score (nSPS) is 17.5. The van der Waals surface area contributed by atoms with Crippen molar-refractivity contribution in [1.82, 2.24) is 39.2 Å². The van der Waals surface area contributed by atoms with E-state index in [9.17, 15) is 9.59 Å². The molecule has 302 valence electrons. The van der Waals surface area contributed by atoms with E-state index in [0.717, 1.165) is 102 Å². The Kier molecular flexibility index (Phi) is 12.0. The van der Waals surface area contributed by atoms with Crippen LogP contribution in [0.3, 0.4) is 0 Å². The van der Waals surface area contributed by atoms with E-state index in [-0.39, 0.29) is 11.8 Å². The van der Waals surface area contributed by atoms with Crippen LogP contribution in [0.2, 0.25) is 0 Å². The fourth-order valence-electron chi connectivity index (χ4n) is 9.21. The van der Waals surface area contributed by atoms with Gasteiger partial charge in [-0.3, -0.25) is 9.59 Å². The first-order valence-electron chi connectivity index (χ1n) is 21.3. The predicted molar refractivity (Wildman–Crippen MR) is 233 cm³/mol. The van der Waals surface area contributed by atoms with Gasteiger partial charge in [0.1, 0.15) is 0 Å². The van der Waals surface area contributed by atoms with Gasteiger partial charge in [-0.1, -0.05) is 49.2 Å². The SMILES string of the molecule is CC(C)N1CCC(N(C)C(=O)c2ccc(-n3ncc4ccccc43)cc2)CC1.CN(C(=O)c1ccc(-n2cc3ccccc3n2)cc1)C1CCN(C2CCCC2)CC1. The first-order valence-corrected chi connectivity index (χ1v) is 21.3. The summed E-state index contributed by atoms with van der Waals surface area (Å²) in [7, 11) is 3.90. The van der Waals surface area contributed by atoms with E-state index in [1.165, 1.54) is 25.7 Å². The Morgan fingerprint density at radius 1 is 0.638 bits per heavy atom. The van der Waals surface area contributed by atoms with E-state index < -0.39 is 0 Å². The van der Waals surface area contributed by atoms with Crippen molar-refractivity contribution in [3.05, 3.63) is 121 Å². The Labute approximate surface area is 343 Å². The highest BCUT2D eigenvalue weighted by Gasteiger charge is 2.31. The fraction of sp³-hybridized carbons (Fsp3) is 0.417. The summed E-state index contributed by atoms with van der Waals surface area (Å²) in [5.74, 6) is 0.214. The highest BCUT2D eigenvalue weighted by Crippen LogP contribution is 2.28. The summed E-state index contributed by atoms with van der Waals surface area (Å²) >= 11 is 0. The van der Waals surface area contributed by atoms with Crippen molar-refractivity contribution < 1.29 is 9.59 Å². The molecule has 1 saturated carbocycles. The van der Waals surface area contributed by atoms with Crippen LogP contribution in [0.15, 0.2) is 109 Å². The van der Waals surface area contributed by atoms with Crippen LogP contribution in [-0.4, -0.2) is 115 Å². The molecule has 10 heteroatoms. The third-order valence-corrected chi connectivity index (χ3v) is 12.9. The molecule has 4 aromatic carbocycles. The Morgan fingerprint density at radius 3 is 1.76 bits per heavy atom. The molecule has 2 aromatic heterocycles. The maximum absolute atomic E-state index is 13.1. The van der Waals surface area contributed by atoms with Gasteiger partial charge in [-0.2, -0.15) is 10.2 Å². The number of hydrogen-bond acceptors (Lipinski definition) is 6. The summed E-state index contributed by atoms with van der Waals surface area (Å²) in [5.41, 5.74) is 5.45. The van der Waals surface area contributed by atoms with E-state index in [4.69, 9.17) is 0 Å². The molecule has 2 amide bonds.